The summed E-state index contributed by atoms with van der Waals surface area (Å²) in [5.41, 5.74) is 22.0. The molecule has 2 nitrogen and oxygen atoms in total. The van der Waals surface area contributed by atoms with E-state index < -0.39 is 0 Å². The molecule has 0 saturated carbocycles. The maximum atomic E-state index is 2.63. The molecular formula is C56H44N2. The topological polar surface area (TPSA) is 7.65 Å². The summed E-state index contributed by atoms with van der Waals surface area (Å²) in [6.45, 7) is 0. The predicted octanol–water partition coefficient (Wildman–Crippen LogP) is 15.1. The third kappa shape index (κ3) is 5.17. The predicted molar refractivity (Wildman–Crippen MR) is 245 cm³/mol. The fraction of sp³-hybridized carbons (Fsp3) is 0.143. The van der Waals surface area contributed by atoms with Gasteiger partial charge >= 0.3 is 0 Å². The zero-order chi connectivity index (χ0) is 38.2. The molecule has 0 aliphatic heterocycles. The number of fused-ring (bicyclic) bond motifs is 8. The molecule has 2 aromatic heterocycles. The van der Waals surface area contributed by atoms with Crippen LogP contribution in [0.25, 0.3) is 71.5 Å². The van der Waals surface area contributed by atoms with Crippen LogP contribution in [0.2, 0.25) is 0 Å². The van der Waals surface area contributed by atoms with Gasteiger partial charge < -0.3 is 9.30 Å². The number of hydrogen-bond donors (Lipinski definition) is 0. The maximum Gasteiger partial charge on any atom is 0.0620 e. The van der Waals surface area contributed by atoms with Gasteiger partial charge in [-0.25, -0.2) is 0 Å². The first-order valence-electron chi connectivity index (χ1n) is 21.3. The van der Waals surface area contributed by atoms with Crippen LogP contribution in [-0.4, -0.2) is 4.40 Å². The van der Waals surface area contributed by atoms with Crippen LogP contribution in [0.1, 0.15) is 47.9 Å². The van der Waals surface area contributed by atoms with Crippen LogP contribution >= 0.6 is 0 Å². The van der Waals surface area contributed by atoms with Crippen LogP contribution in [0.5, 0.6) is 0 Å². The number of hydrogen-bond acceptors (Lipinski definition) is 1. The summed E-state index contributed by atoms with van der Waals surface area (Å²) in [7, 11) is 0. The summed E-state index contributed by atoms with van der Waals surface area (Å²) in [4.78, 5) is 2.63. The fourth-order valence-electron chi connectivity index (χ4n) is 10.7. The van der Waals surface area contributed by atoms with Crippen molar-refractivity contribution in [2.75, 3.05) is 4.90 Å². The van der Waals surface area contributed by atoms with Crippen LogP contribution in [0.4, 0.5) is 17.1 Å². The van der Waals surface area contributed by atoms with Gasteiger partial charge in [-0.15, -0.1) is 0 Å². The standard InChI is InChI=1S/C56H44N2/c1-3-14-37(15-4-1)39-26-31-42(32-27-39)57(43-33-28-40(29-34-43)38-16-5-2-6-17-38)55-48-21-9-7-19-45(48)54(46-20-8-10-22-49(46)55)41-30-35-53-51(36-41)50-24-13-23-47-44-18-11-12-25-52(44)58(53)56(47)50/h1-6,11-18,23-36H,7-10,19-22H2. The summed E-state index contributed by atoms with van der Waals surface area (Å²) < 4.78 is 2.51. The highest BCUT2D eigenvalue weighted by molar-refractivity contribution is 6.23. The molecule has 0 atom stereocenters. The molecule has 2 heteroatoms. The van der Waals surface area contributed by atoms with Crippen LogP contribution in [0.3, 0.4) is 0 Å². The number of benzene rings is 8. The lowest BCUT2D eigenvalue weighted by atomic mass is 9.75. The van der Waals surface area contributed by atoms with Crippen molar-refractivity contribution in [3.8, 4) is 33.4 Å². The normalized spacial score (nSPS) is 14.0. The Balaban J connectivity index is 1.08. The van der Waals surface area contributed by atoms with Crippen molar-refractivity contribution in [1.29, 1.82) is 0 Å². The monoisotopic (exact) mass is 744 g/mol. The zero-order valence-electron chi connectivity index (χ0n) is 32.7. The molecule has 0 spiro atoms. The summed E-state index contributed by atoms with van der Waals surface area (Å²) in [5.74, 6) is 0. The second kappa shape index (κ2) is 13.5. The summed E-state index contributed by atoms with van der Waals surface area (Å²) in [5, 5.41) is 5.40. The Labute approximate surface area is 340 Å². The van der Waals surface area contributed by atoms with E-state index in [0.29, 0.717) is 0 Å². The molecule has 8 aromatic carbocycles. The van der Waals surface area contributed by atoms with E-state index in [2.05, 4.69) is 179 Å². The molecule has 0 unspecified atom stereocenters. The summed E-state index contributed by atoms with van der Waals surface area (Å²) in [6, 6.07) is 63.4. The minimum atomic E-state index is 1.10. The van der Waals surface area contributed by atoms with Gasteiger partial charge in [0.15, 0.2) is 0 Å². The lowest BCUT2D eigenvalue weighted by Crippen LogP contribution is -2.21. The molecule has 2 aliphatic carbocycles. The SMILES string of the molecule is c1ccc(-c2ccc(N(c3ccc(-c4ccccc4)cc3)c3c4c(c(-c5ccc6c(c5)c5cccc7c8ccccc8n6c75)c5c3CCCC5)CCCC4)cc2)cc1. The molecule has 2 heterocycles. The van der Waals surface area contributed by atoms with Crippen LogP contribution in [-0.2, 0) is 25.7 Å². The van der Waals surface area contributed by atoms with Gasteiger partial charge in [0.1, 0.15) is 0 Å². The molecular weight excluding hydrogens is 701 g/mol. The van der Waals surface area contributed by atoms with Gasteiger partial charge in [0.25, 0.3) is 0 Å². The maximum absolute atomic E-state index is 2.63. The average molecular weight is 745 g/mol. The molecule has 0 saturated heterocycles. The molecule has 0 radical (unpaired) electrons. The van der Waals surface area contributed by atoms with Crippen molar-refractivity contribution in [2.24, 2.45) is 0 Å². The van der Waals surface area contributed by atoms with Gasteiger partial charge in [0, 0.05) is 32.9 Å². The van der Waals surface area contributed by atoms with Crippen LogP contribution in [0.15, 0.2) is 170 Å². The second-order valence-electron chi connectivity index (χ2n) is 16.5. The Morgan fingerprint density at radius 3 is 1.38 bits per heavy atom. The highest BCUT2D eigenvalue weighted by atomic mass is 15.1. The summed E-state index contributed by atoms with van der Waals surface area (Å²) in [6.07, 6.45) is 9.36. The van der Waals surface area contributed by atoms with Gasteiger partial charge in [-0.3, -0.25) is 0 Å². The molecule has 12 rings (SSSR count). The van der Waals surface area contributed by atoms with Crippen molar-refractivity contribution < 1.29 is 0 Å². The Bertz CT molecular complexity index is 3020. The van der Waals surface area contributed by atoms with E-state index in [4.69, 9.17) is 0 Å². The second-order valence-corrected chi connectivity index (χ2v) is 16.5. The average Bonchev–Trinajstić information content (AvgIpc) is 3.82. The largest absolute Gasteiger partial charge is 0.310 e. The first-order valence-corrected chi connectivity index (χ1v) is 21.3. The molecule has 2 aliphatic rings. The van der Waals surface area contributed by atoms with E-state index in [1.807, 2.05) is 0 Å². The minimum absolute atomic E-state index is 1.10. The zero-order valence-corrected chi connectivity index (χ0v) is 32.7. The third-order valence-corrected chi connectivity index (χ3v) is 13.3. The molecule has 0 N–H and O–H groups in total. The van der Waals surface area contributed by atoms with Crippen molar-refractivity contribution in [3.63, 3.8) is 0 Å². The van der Waals surface area contributed by atoms with E-state index >= 15 is 0 Å². The molecule has 0 amide bonds. The first kappa shape index (κ1) is 33.5. The highest BCUT2D eigenvalue weighted by Crippen LogP contribution is 2.51. The number of nitrogens with zero attached hydrogens (tertiary/aromatic N) is 2. The Kier molecular flexibility index (Phi) is 7.79. The van der Waals surface area contributed by atoms with E-state index in [1.165, 1.54) is 114 Å². The van der Waals surface area contributed by atoms with E-state index in [9.17, 15) is 0 Å². The number of aromatic nitrogens is 1. The van der Waals surface area contributed by atoms with Crippen LogP contribution in [0, 0.1) is 0 Å². The van der Waals surface area contributed by atoms with Gasteiger partial charge in [-0.1, -0.05) is 127 Å². The summed E-state index contributed by atoms with van der Waals surface area (Å²) >= 11 is 0. The smallest absolute Gasteiger partial charge is 0.0620 e. The van der Waals surface area contributed by atoms with Crippen LogP contribution < -0.4 is 4.90 Å². The third-order valence-electron chi connectivity index (χ3n) is 13.3. The molecule has 58 heavy (non-hydrogen) atoms. The lowest BCUT2D eigenvalue weighted by Gasteiger charge is -2.37. The number of para-hydroxylation sites is 2. The van der Waals surface area contributed by atoms with Gasteiger partial charge in [0.2, 0.25) is 0 Å². The minimum Gasteiger partial charge on any atom is -0.310 e. The highest BCUT2D eigenvalue weighted by Gasteiger charge is 2.31. The molecule has 0 bridgehead atoms. The lowest BCUT2D eigenvalue weighted by molar-refractivity contribution is 0.661. The number of rotatable bonds is 6. The fourth-order valence-corrected chi connectivity index (χ4v) is 10.7. The van der Waals surface area contributed by atoms with Gasteiger partial charge in [-0.05, 0) is 149 Å². The van der Waals surface area contributed by atoms with Crippen molar-refractivity contribution in [1.82, 2.24) is 4.40 Å². The molecule has 0 fully saturated rings. The van der Waals surface area contributed by atoms with E-state index in [1.54, 1.807) is 22.3 Å². The Hall–Kier alpha value is -6.64. The first-order chi connectivity index (χ1) is 28.8. The van der Waals surface area contributed by atoms with Gasteiger partial charge in [0.05, 0.1) is 22.2 Å². The Morgan fingerprint density at radius 2 is 0.793 bits per heavy atom. The molecule has 278 valence electrons. The molecule has 10 aromatic rings. The van der Waals surface area contributed by atoms with Crippen molar-refractivity contribution >= 4 is 55.2 Å². The number of anilines is 3. The van der Waals surface area contributed by atoms with E-state index in [-0.39, 0.29) is 0 Å². The quantitative estimate of drug-likeness (QED) is 0.165. The van der Waals surface area contributed by atoms with Crippen molar-refractivity contribution in [2.45, 2.75) is 51.4 Å². The van der Waals surface area contributed by atoms with Gasteiger partial charge in [-0.2, -0.15) is 0 Å². The van der Waals surface area contributed by atoms with E-state index in [0.717, 1.165) is 25.7 Å². The Morgan fingerprint density at radius 1 is 0.345 bits per heavy atom. The van der Waals surface area contributed by atoms with Crippen molar-refractivity contribution in [3.05, 3.63) is 192 Å².